The van der Waals surface area contributed by atoms with Gasteiger partial charge >= 0.3 is 0 Å². The second-order valence-corrected chi connectivity index (χ2v) is 4.40. The van der Waals surface area contributed by atoms with E-state index in [1.807, 2.05) is 42.8 Å². The maximum Gasteiger partial charge on any atom is 0.266 e. The molecule has 0 unspecified atom stereocenters. The van der Waals surface area contributed by atoms with Gasteiger partial charge in [-0.1, -0.05) is 0 Å². The maximum atomic E-state index is 11.4. The average molecular weight is 331 g/mol. The third-order valence-corrected chi connectivity index (χ3v) is 3.06. The van der Waals surface area contributed by atoms with Gasteiger partial charge in [0.15, 0.2) is 5.82 Å². The number of hydrogen-bond acceptors (Lipinski definition) is 4. The number of aromatic amines is 1. The molecule has 0 saturated heterocycles. The molecular formula is C9H10IN5O. The van der Waals surface area contributed by atoms with Crippen molar-refractivity contribution in [3.05, 3.63) is 32.1 Å². The van der Waals surface area contributed by atoms with Gasteiger partial charge in [0.25, 0.3) is 5.56 Å². The summed E-state index contributed by atoms with van der Waals surface area (Å²) in [6, 6.07) is 0. The summed E-state index contributed by atoms with van der Waals surface area (Å²) in [6.45, 7) is 1.89. The van der Waals surface area contributed by atoms with Crippen LogP contribution >= 0.6 is 22.6 Å². The maximum absolute atomic E-state index is 11.4. The first-order chi connectivity index (χ1) is 7.58. The van der Waals surface area contributed by atoms with E-state index in [0.29, 0.717) is 9.39 Å². The van der Waals surface area contributed by atoms with Gasteiger partial charge in [0.2, 0.25) is 0 Å². The van der Waals surface area contributed by atoms with E-state index in [1.54, 1.807) is 4.68 Å². The van der Waals surface area contributed by atoms with Gasteiger partial charge in [0, 0.05) is 13.2 Å². The summed E-state index contributed by atoms with van der Waals surface area (Å²) in [7, 11) is 1.84. The van der Waals surface area contributed by atoms with Crippen LogP contribution in [0.15, 0.2) is 17.3 Å². The zero-order valence-corrected chi connectivity index (χ0v) is 10.9. The van der Waals surface area contributed by atoms with Crippen LogP contribution in [0.25, 0.3) is 0 Å². The summed E-state index contributed by atoms with van der Waals surface area (Å²) in [6.07, 6.45) is 3.22. The Morgan fingerprint density at radius 3 is 2.94 bits per heavy atom. The topological polar surface area (TPSA) is 75.6 Å². The summed E-state index contributed by atoms with van der Waals surface area (Å²) in [4.78, 5) is 17.9. The molecule has 16 heavy (non-hydrogen) atoms. The highest BCUT2D eigenvalue weighted by Gasteiger charge is 2.08. The number of anilines is 2. The Kier molecular flexibility index (Phi) is 2.95. The van der Waals surface area contributed by atoms with Crippen LogP contribution in [-0.4, -0.2) is 19.7 Å². The molecule has 7 heteroatoms. The van der Waals surface area contributed by atoms with Crippen molar-refractivity contribution in [1.29, 1.82) is 0 Å². The van der Waals surface area contributed by atoms with E-state index in [9.17, 15) is 4.79 Å². The monoisotopic (exact) mass is 331 g/mol. The lowest BCUT2D eigenvalue weighted by molar-refractivity contribution is 0.756. The smallest absolute Gasteiger partial charge is 0.266 e. The molecule has 6 nitrogen and oxygen atoms in total. The van der Waals surface area contributed by atoms with Gasteiger partial charge < -0.3 is 10.3 Å². The highest BCUT2D eigenvalue weighted by atomic mass is 127. The van der Waals surface area contributed by atoms with Gasteiger partial charge in [0.1, 0.15) is 3.57 Å². The largest absolute Gasteiger partial charge is 0.336 e. The quantitative estimate of drug-likeness (QED) is 0.810. The number of halogens is 1. The number of aryl methyl sites for hydroxylation is 2. The van der Waals surface area contributed by atoms with Crippen LogP contribution < -0.4 is 10.9 Å². The highest BCUT2D eigenvalue weighted by molar-refractivity contribution is 14.1. The molecule has 0 fully saturated rings. The molecule has 0 aliphatic heterocycles. The molecule has 0 saturated carbocycles. The van der Waals surface area contributed by atoms with Crippen molar-refractivity contribution in [1.82, 2.24) is 19.7 Å². The highest BCUT2D eigenvalue weighted by Crippen LogP contribution is 2.19. The molecule has 2 N–H and O–H groups in total. The van der Waals surface area contributed by atoms with E-state index >= 15 is 0 Å². The molecule has 2 aromatic heterocycles. The predicted octanol–water partition coefficient (Wildman–Crippen LogP) is 1.16. The zero-order valence-electron chi connectivity index (χ0n) is 8.78. The molecule has 0 spiro atoms. The Morgan fingerprint density at radius 2 is 2.31 bits per heavy atom. The summed E-state index contributed by atoms with van der Waals surface area (Å²) in [5, 5.41) is 7.28. The number of nitrogens with zero attached hydrogens (tertiary/aromatic N) is 3. The fraction of sp³-hybridized carbons (Fsp3) is 0.222. The number of H-pyrrole nitrogens is 1. The molecule has 84 valence electrons. The van der Waals surface area contributed by atoms with Gasteiger partial charge in [-0.3, -0.25) is 9.48 Å². The molecule has 2 rings (SSSR count). The second-order valence-electron chi connectivity index (χ2n) is 3.32. The van der Waals surface area contributed by atoms with E-state index in [4.69, 9.17) is 0 Å². The van der Waals surface area contributed by atoms with Crippen molar-refractivity contribution < 1.29 is 0 Å². The van der Waals surface area contributed by atoms with Crippen molar-refractivity contribution in [2.45, 2.75) is 6.92 Å². The van der Waals surface area contributed by atoms with E-state index in [2.05, 4.69) is 20.4 Å². The fourth-order valence-corrected chi connectivity index (χ4v) is 1.75. The third kappa shape index (κ3) is 2.08. The molecule has 0 atom stereocenters. The van der Waals surface area contributed by atoms with Crippen LogP contribution in [0.3, 0.4) is 0 Å². The Hall–Kier alpha value is -1.38. The van der Waals surface area contributed by atoms with Gasteiger partial charge in [-0.15, -0.1) is 0 Å². The Labute approximate surface area is 105 Å². The van der Waals surface area contributed by atoms with Crippen molar-refractivity contribution in [2.24, 2.45) is 7.05 Å². The predicted molar refractivity (Wildman–Crippen MR) is 68.8 cm³/mol. The molecule has 2 aromatic rings. The minimum Gasteiger partial charge on any atom is -0.336 e. The number of aromatic nitrogens is 4. The Bertz CT molecular complexity index is 574. The first kappa shape index (κ1) is 11.1. The minimum absolute atomic E-state index is 0.153. The zero-order chi connectivity index (χ0) is 11.7. The van der Waals surface area contributed by atoms with E-state index < -0.39 is 0 Å². The van der Waals surface area contributed by atoms with Crippen molar-refractivity contribution >= 4 is 34.1 Å². The lowest BCUT2D eigenvalue weighted by Crippen LogP contribution is -2.12. The van der Waals surface area contributed by atoms with Gasteiger partial charge in [-0.25, -0.2) is 4.98 Å². The van der Waals surface area contributed by atoms with Gasteiger partial charge in [-0.05, 0) is 29.5 Å². The summed E-state index contributed by atoms with van der Waals surface area (Å²) >= 11 is 1.95. The van der Waals surface area contributed by atoms with E-state index in [1.165, 1.54) is 6.33 Å². The molecule has 0 radical (unpaired) electrons. The normalized spacial score (nSPS) is 10.4. The molecule has 0 amide bonds. The SMILES string of the molecule is Cc1nn(C)cc1Nc1nc[nH]c(=O)c1I. The molecule has 2 heterocycles. The Morgan fingerprint density at radius 1 is 1.56 bits per heavy atom. The summed E-state index contributed by atoms with van der Waals surface area (Å²) < 4.78 is 2.24. The van der Waals surface area contributed by atoms with Crippen LogP contribution in [0.4, 0.5) is 11.5 Å². The third-order valence-electron chi connectivity index (χ3n) is 2.06. The number of nitrogens with one attached hydrogen (secondary N) is 2. The molecule has 0 aliphatic carbocycles. The van der Waals surface area contributed by atoms with Crippen molar-refractivity contribution in [3.8, 4) is 0 Å². The molecule has 0 bridgehead atoms. The van der Waals surface area contributed by atoms with Crippen LogP contribution in [0, 0.1) is 10.5 Å². The molecule has 0 aliphatic rings. The number of hydrogen-bond donors (Lipinski definition) is 2. The van der Waals surface area contributed by atoms with Crippen molar-refractivity contribution in [3.63, 3.8) is 0 Å². The fourth-order valence-electron chi connectivity index (χ4n) is 1.32. The minimum atomic E-state index is -0.153. The van der Waals surface area contributed by atoms with Gasteiger partial charge in [0.05, 0.1) is 17.7 Å². The van der Waals surface area contributed by atoms with Crippen LogP contribution in [-0.2, 0) is 7.05 Å². The average Bonchev–Trinajstić information content (AvgIpc) is 2.53. The summed E-state index contributed by atoms with van der Waals surface area (Å²) in [5.74, 6) is 0.542. The lowest BCUT2D eigenvalue weighted by Gasteiger charge is -2.04. The molecule has 0 aromatic carbocycles. The van der Waals surface area contributed by atoms with E-state index in [0.717, 1.165) is 11.4 Å². The summed E-state index contributed by atoms with van der Waals surface area (Å²) in [5.41, 5.74) is 1.55. The van der Waals surface area contributed by atoms with Crippen LogP contribution in [0.5, 0.6) is 0 Å². The first-order valence-electron chi connectivity index (χ1n) is 4.58. The molecular weight excluding hydrogens is 321 g/mol. The van der Waals surface area contributed by atoms with Crippen LogP contribution in [0.1, 0.15) is 5.69 Å². The first-order valence-corrected chi connectivity index (χ1v) is 5.66. The van der Waals surface area contributed by atoms with Gasteiger partial charge in [-0.2, -0.15) is 5.10 Å². The Balaban J connectivity index is 2.38. The van der Waals surface area contributed by atoms with E-state index in [-0.39, 0.29) is 5.56 Å². The lowest BCUT2D eigenvalue weighted by atomic mass is 10.4. The number of rotatable bonds is 2. The van der Waals surface area contributed by atoms with Crippen LogP contribution in [0.2, 0.25) is 0 Å². The standard InChI is InChI=1S/C9H10IN5O/c1-5-6(3-15(2)14-5)13-8-7(10)9(16)12-4-11-8/h3-4H,1-2H3,(H2,11,12,13,16). The second kappa shape index (κ2) is 4.24. The van der Waals surface area contributed by atoms with Crippen molar-refractivity contribution in [2.75, 3.05) is 5.32 Å².